The van der Waals surface area contributed by atoms with Gasteiger partial charge in [-0.15, -0.1) is 0 Å². The lowest BCUT2D eigenvalue weighted by Gasteiger charge is -2.33. The maximum atomic E-state index is 5.91. The van der Waals surface area contributed by atoms with E-state index in [1.807, 2.05) is 28.0 Å². The average molecular weight is 337 g/mol. The van der Waals surface area contributed by atoms with Crippen LogP contribution < -0.4 is 0 Å². The SMILES string of the molecule is Cc1cnn(C[C@H]2CN(Cc3ccc(-n4ccnc4)cc3)CCO2)c1. The molecule has 0 N–H and O–H groups in total. The molecule has 1 saturated heterocycles. The number of aryl methyl sites for hydroxylation is 1. The lowest BCUT2D eigenvalue weighted by molar-refractivity contribution is -0.0402. The van der Waals surface area contributed by atoms with Crippen LogP contribution in [-0.2, 0) is 17.8 Å². The molecule has 1 fully saturated rings. The van der Waals surface area contributed by atoms with E-state index in [2.05, 4.69) is 52.4 Å². The minimum Gasteiger partial charge on any atom is -0.374 e. The molecule has 0 radical (unpaired) electrons. The van der Waals surface area contributed by atoms with Crippen molar-refractivity contribution in [3.05, 3.63) is 66.5 Å². The van der Waals surface area contributed by atoms with Crippen LogP contribution in [0, 0.1) is 6.92 Å². The molecular weight excluding hydrogens is 314 g/mol. The van der Waals surface area contributed by atoms with Gasteiger partial charge in [0, 0.05) is 43.9 Å². The molecule has 4 rings (SSSR count). The van der Waals surface area contributed by atoms with Gasteiger partial charge in [-0.3, -0.25) is 9.58 Å². The molecule has 1 aliphatic rings. The summed E-state index contributed by atoms with van der Waals surface area (Å²) in [7, 11) is 0. The number of hydrogen-bond donors (Lipinski definition) is 0. The first-order valence-electron chi connectivity index (χ1n) is 8.66. The normalized spacial score (nSPS) is 18.5. The Morgan fingerprint density at radius 3 is 2.84 bits per heavy atom. The number of morpholine rings is 1. The van der Waals surface area contributed by atoms with Crippen LogP contribution in [0.3, 0.4) is 0 Å². The zero-order valence-electron chi connectivity index (χ0n) is 14.5. The fraction of sp³-hybridized carbons (Fsp3) is 0.368. The van der Waals surface area contributed by atoms with Crippen molar-refractivity contribution in [2.24, 2.45) is 0 Å². The van der Waals surface area contributed by atoms with Crippen molar-refractivity contribution in [3.63, 3.8) is 0 Å². The minimum absolute atomic E-state index is 0.193. The molecule has 25 heavy (non-hydrogen) atoms. The van der Waals surface area contributed by atoms with Crippen molar-refractivity contribution in [3.8, 4) is 5.69 Å². The summed E-state index contributed by atoms with van der Waals surface area (Å²) >= 11 is 0. The Hall–Kier alpha value is -2.44. The number of imidazole rings is 1. The summed E-state index contributed by atoms with van der Waals surface area (Å²) in [4.78, 5) is 6.55. The molecule has 1 atom stereocenters. The summed E-state index contributed by atoms with van der Waals surface area (Å²) in [5.74, 6) is 0. The Bertz CT molecular complexity index is 794. The van der Waals surface area contributed by atoms with E-state index < -0.39 is 0 Å². The molecule has 0 amide bonds. The number of ether oxygens (including phenoxy) is 1. The number of hydrogen-bond acceptors (Lipinski definition) is 4. The first-order chi connectivity index (χ1) is 12.3. The summed E-state index contributed by atoms with van der Waals surface area (Å²) in [6.07, 6.45) is 9.72. The number of benzene rings is 1. The minimum atomic E-state index is 0.193. The van der Waals surface area contributed by atoms with Gasteiger partial charge in [-0.1, -0.05) is 12.1 Å². The molecule has 3 heterocycles. The molecule has 1 aromatic carbocycles. The first-order valence-corrected chi connectivity index (χ1v) is 8.66. The highest BCUT2D eigenvalue weighted by Gasteiger charge is 2.21. The summed E-state index contributed by atoms with van der Waals surface area (Å²) in [5, 5.41) is 4.36. The van der Waals surface area contributed by atoms with Crippen molar-refractivity contribution < 1.29 is 4.74 Å². The standard InChI is InChI=1S/C19H23N5O/c1-16-10-21-24(11-16)14-19-13-22(8-9-25-19)12-17-2-4-18(5-3-17)23-7-6-20-15-23/h2-7,10-11,15,19H,8-9,12-14H2,1H3/t19-/m1/s1. The van der Waals surface area contributed by atoms with E-state index >= 15 is 0 Å². The lowest BCUT2D eigenvalue weighted by atomic mass is 10.1. The van der Waals surface area contributed by atoms with E-state index in [1.54, 1.807) is 6.20 Å². The highest BCUT2D eigenvalue weighted by molar-refractivity contribution is 5.34. The van der Waals surface area contributed by atoms with Crippen molar-refractivity contribution in [2.75, 3.05) is 19.7 Å². The first kappa shape index (κ1) is 16.1. The molecule has 1 aliphatic heterocycles. The van der Waals surface area contributed by atoms with Gasteiger partial charge in [0.15, 0.2) is 0 Å². The van der Waals surface area contributed by atoms with Gasteiger partial charge in [0.2, 0.25) is 0 Å². The van der Waals surface area contributed by atoms with Crippen LogP contribution >= 0.6 is 0 Å². The van der Waals surface area contributed by atoms with Crippen molar-refractivity contribution in [1.82, 2.24) is 24.2 Å². The van der Waals surface area contributed by atoms with Crippen LogP contribution in [0.25, 0.3) is 5.69 Å². The number of rotatable bonds is 5. The second-order valence-corrected chi connectivity index (χ2v) is 6.60. The second kappa shape index (κ2) is 7.21. The van der Waals surface area contributed by atoms with Crippen molar-refractivity contribution in [2.45, 2.75) is 26.1 Å². The Labute approximate surface area is 147 Å². The summed E-state index contributed by atoms with van der Waals surface area (Å²) in [6, 6.07) is 8.66. The molecule has 130 valence electrons. The zero-order valence-corrected chi connectivity index (χ0v) is 14.5. The molecule has 0 unspecified atom stereocenters. The van der Waals surface area contributed by atoms with Crippen LogP contribution in [-0.4, -0.2) is 50.0 Å². The van der Waals surface area contributed by atoms with Crippen molar-refractivity contribution in [1.29, 1.82) is 0 Å². The number of nitrogens with zero attached hydrogens (tertiary/aromatic N) is 5. The monoisotopic (exact) mass is 337 g/mol. The smallest absolute Gasteiger partial charge is 0.0991 e. The Morgan fingerprint density at radius 1 is 1.24 bits per heavy atom. The predicted octanol–water partition coefficient (Wildman–Crippen LogP) is 2.28. The summed E-state index contributed by atoms with van der Waals surface area (Å²) in [6.45, 7) is 6.50. The van der Waals surface area contributed by atoms with Gasteiger partial charge in [-0.25, -0.2) is 4.98 Å². The fourth-order valence-electron chi connectivity index (χ4n) is 3.25. The van der Waals surface area contributed by atoms with Gasteiger partial charge in [-0.05, 0) is 30.2 Å². The van der Waals surface area contributed by atoms with Gasteiger partial charge in [0.25, 0.3) is 0 Å². The number of aromatic nitrogens is 4. The topological polar surface area (TPSA) is 48.1 Å². The van der Waals surface area contributed by atoms with Crippen LogP contribution in [0.5, 0.6) is 0 Å². The average Bonchev–Trinajstić information content (AvgIpc) is 3.28. The highest BCUT2D eigenvalue weighted by Crippen LogP contribution is 2.14. The molecule has 2 aromatic heterocycles. The Balaban J connectivity index is 1.35. The molecule has 0 spiro atoms. The lowest BCUT2D eigenvalue weighted by Crippen LogP contribution is -2.43. The van der Waals surface area contributed by atoms with E-state index in [9.17, 15) is 0 Å². The zero-order chi connectivity index (χ0) is 17.1. The van der Waals surface area contributed by atoms with Crippen LogP contribution in [0.2, 0.25) is 0 Å². The van der Waals surface area contributed by atoms with Crippen LogP contribution in [0.1, 0.15) is 11.1 Å². The molecule has 0 bridgehead atoms. The molecule has 0 saturated carbocycles. The van der Waals surface area contributed by atoms with Gasteiger partial charge in [0.1, 0.15) is 0 Å². The van der Waals surface area contributed by atoms with E-state index in [-0.39, 0.29) is 6.10 Å². The summed E-state index contributed by atoms with van der Waals surface area (Å²) < 4.78 is 9.90. The third-order valence-corrected chi connectivity index (χ3v) is 4.52. The van der Waals surface area contributed by atoms with E-state index in [0.717, 1.165) is 38.5 Å². The van der Waals surface area contributed by atoms with E-state index in [1.165, 1.54) is 11.1 Å². The molecule has 3 aromatic rings. The Kier molecular flexibility index (Phi) is 4.63. The van der Waals surface area contributed by atoms with E-state index in [4.69, 9.17) is 4.74 Å². The van der Waals surface area contributed by atoms with Crippen molar-refractivity contribution >= 4 is 0 Å². The summed E-state index contributed by atoms with van der Waals surface area (Å²) in [5.41, 5.74) is 3.64. The van der Waals surface area contributed by atoms with Gasteiger partial charge in [-0.2, -0.15) is 5.10 Å². The second-order valence-electron chi connectivity index (χ2n) is 6.60. The molecule has 0 aliphatic carbocycles. The largest absolute Gasteiger partial charge is 0.374 e. The Morgan fingerprint density at radius 2 is 2.12 bits per heavy atom. The van der Waals surface area contributed by atoms with Gasteiger partial charge in [0.05, 0.1) is 31.8 Å². The third kappa shape index (κ3) is 3.97. The molecule has 6 nitrogen and oxygen atoms in total. The predicted molar refractivity (Wildman–Crippen MR) is 95.5 cm³/mol. The van der Waals surface area contributed by atoms with Gasteiger partial charge < -0.3 is 9.30 Å². The molecular formula is C19H23N5O. The maximum absolute atomic E-state index is 5.91. The fourth-order valence-corrected chi connectivity index (χ4v) is 3.25. The highest BCUT2D eigenvalue weighted by atomic mass is 16.5. The van der Waals surface area contributed by atoms with Crippen LogP contribution in [0.4, 0.5) is 0 Å². The van der Waals surface area contributed by atoms with Crippen LogP contribution in [0.15, 0.2) is 55.4 Å². The van der Waals surface area contributed by atoms with Gasteiger partial charge >= 0.3 is 0 Å². The maximum Gasteiger partial charge on any atom is 0.0991 e. The molecule has 6 heteroatoms. The quantitative estimate of drug-likeness (QED) is 0.717. The van der Waals surface area contributed by atoms with E-state index in [0.29, 0.717) is 0 Å². The third-order valence-electron chi connectivity index (χ3n) is 4.52.